The van der Waals surface area contributed by atoms with Gasteiger partial charge in [0.15, 0.2) is 5.69 Å². The van der Waals surface area contributed by atoms with Gasteiger partial charge < -0.3 is 14.7 Å². The molecule has 8 heteroatoms. The van der Waals surface area contributed by atoms with Gasteiger partial charge in [0.1, 0.15) is 11.4 Å². The molecule has 1 aromatic carbocycles. The number of benzene rings is 1. The topological polar surface area (TPSA) is 84.7 Å². The van der Waals surface area contributed by atoms with Gasteiger partial charge in [-0.3, -0.25) is 0 Å². The molecule has 0 aliphatic carbocycles. The van der Waals surface area contributed by atoms with Crippen molar-refractivity contribution in [3.8, 4) is 5.69 Å². The molecule has 1 aliphatic rings. The Morgan fingerprint density at radius 1 is 1.24 bits per heavy atom. The molecule has 0 radical (unpaired) electrons. The molecule has 0 unspecified atom stereocenters. The first-order valence-electron chi connectivity index (χ1n) is 9.52. The van der Waals surface area contributed by atoms with Crippen molar-refractivity contribution in [3.63, 3.8) is 0 Å². The number of rotatable bonds is 2. The highest BCUT2D eigenvalue weighted by atomic mass is 19.1. The molecule has 156 valence electrons. The Kier molecular flexibility index (Phi) is 5.15. The summed E-state index contributed by atoms with van der Waals surface area (Å²) in [6.07, 6.45) is -0.0843. The Morgan fingerprint density at radius 2 is 1.83 bits per heavy atom. The Labute approximate surface area is 169 Å². The highest BCUT2D eigenvalue weighted by Gasteiger charge is 2.37. The van der Waals surface area contributed by atoms with Crippen molar-refractivity contribution >= 4 is 12.1 Å². The SMILES string of the molecule is Cc1cc(-n2nc3c(c2C(=O)O)[C@H](C)N(C(=O)OC(C)(C)C)CC3)cc(C)c1F. The number of ether oxygens (including phenoxy) is 1. The van der Waals surface area contributed by atoms with E-state index in [2.05, 4.69) is 5.10 Å². The number of hydrogen-bond donors (Lipinski definition) is 1. The van der Waals surface area contributed by atoms with Gasteiger partial charge in [-0.2, -0.15) is 5.10 Å². The summed E-state index contributed by atoms with van der Waals surface area (Å²) in [4.78, 5) is 26.3. The number of aryl methyl sites for hydroxylation is 2. The van der Waals surface area contributed by atoms with Gasteiger partial charge in [-0.25, -0.2) is 18.7 Å². The summed E-state index contributed by atoms with van der Waals surface area (Å²) in [6, 6.07) is 2.63. The van der Waals surface area contributed by atoms with Crippen LogP contribution in [0, 0.1) is 19.7 Å². The number of carboxylic acids is 1. The van der Waals surface area contributed by atoms with E-state index in [1.807, 2.05) is 0 Å². The van der Waals surface area contributed by atoms with Crippen LogP contribution in [0.3, 0.4) is 0 Å². The molecule has 0 fully saturated rings. The van der Waals surface area contributed by atoms with Gasteiger partial charge in [0.05, 0.1) is 17.4 Å². The van der Waals surface area contributed by atoms with Crippen LogP contribution in [0.25, 0.3) is 5.69 Å². The normalized spacial score (nSPS) is 16.5. The van der Waals surface area contributed by atoms with E-state index in [-0.39, 0.29) is 11.5 Å². The molecule has 1 amide bonds. The number of amides is 1. The average Bonchev–Trinajstić information content (AvgIpc) is 2.98. The maximum absolute atomic E-state index is 14.0. The highest BCUT2D eigenvalue weighted by molar-refractivity contribution is 5.89. The van der Waals surface area contributed by atoms with E-state index in [9.17, 15) is 19.1 Å². The smallest absolute Gasteiger partial charge is 0.410 e. The predicted molar refractivity (Wildman–Crippen MR) is 105 cm³/mol. The fraction of sp³-hybridized carbons (Fsp3) is 0.476. The number of aromatic carboxylic acids is 1. The van der Waals surface area contributed by atoms with Crippen LogP contribution in [0.4, 0.5) is 9.18 Å². The first-order chi connectivity index (χ1) is 13.4. The van der Waals surface area contributed by atoms with Gasteiger partial charge in [0, 0.05) is 18.5 Å². The zero-order chi connectivity index (χ0) is 21.7. The van der Waals surface area contributed by atoms with Crippen molar-refractivity contribution in [2.75, 3.05) is 6.54 Å². The third kappa shape index (κ3) is 3.83. The first kappa shape index (κ1) is 20.8. The highest BCUT2D eigenvalue weighted by Crippen LogP contribution is 2.34. The fourth-order valence-electron chi connectivity index (χ4n) is 3.68. The quantitative estimate of drug-likeness (QED) is 0.813. The standard InChI is InChI=1S/C21H26FN3O4/c1-11-9-14(10-12(2)17(11)22)25-18(19(26)27)16-13(3)24(8-7-15(16)23-25)20(28)29-21(4,5)6/h9-10,13H,7-8H2,1-6H3,(H,26,27)/t13-/m0/s1. The van der Waals surface area contributed by atoms with E-state index in [0.717, 1.165) is 0 Å². The molecule has 1 aliphatic heterocycles. The number of nitrogens with zero attached hydrogens (tertiary/aromatic N) is 3. The van der Waals surface area contributed by atoms with Crippen LogP contribution in [0.1, 0.15) is 66.6 Å². The fourth-order valence-corrected chi connectivity index (χ4v) is 3.68. The first-order valence-corrected chi connectivity index (χ1v) is 9.52. The van der Waals surface area contributed by atoms with Crippen LogP contribution < -0.4 is 0 Å². The third-order valence-corrected chi connectivity index (χ3v) is 4.97. The van der Waals surface area contributed by atoms with Gasteiger partial charge in [-0.05, 0) is 64.8 Å². The maximum atomic E-state index is 14.0. The van der Waals surface area contributed by atoms with Gasteiger partial charge in [0.25, 0.3) is 0 Å². The summed E-state index contributed by atoms with van der Waals surface area (Å²) in [6.45, 7) is 10.7. The zero-order valence-corrected chi connectivity index (χ0v) is 17.5. The number of carboxylic acid groups (broad SMARTS) is 1. The van der Waals surface area contributed by atoms with Crippen LogP contribution in [-0.4, -0.2) is 44.0 Å². The van der Waals surface area contributed by atoms with E-state index in [1.165, 1.54) is 9.58 Å². The summed E-state index contributed by atoms with van der Waals surface area (Å²) in [7, 11) is 0. The van der Waals surface area contributed by atoms with Gasteiger partial charge in [-0.15, -0.1) is 0 Å². The second-order valence-corrected chi connectivity index (χ2v) is 8.42. The lowest BCUT2D eigenvalue weighted by atomic mass is 9.97. The monoisotopic (exact) mass is 403 g/mol. The third-order valence-electron chi connectivity index (χ3n) is 4.97. The van der Waals surface area contributed by atoms with Crippen LogP contribution in [0.5, 0.6) is 0 Å². The Morgan fingerprint density at radius 3 is 2.34 bits per heavy atom. The Balaban J connectivity index is 2.09. The maximum Gasteiger partial charge on any atom is 0.410 e. The van der Waals surface area contributed by atoms with Crippen LogP contribution in [-0.2, 0) is 11.2 Å². The molecule has 7 nitrogen and oxygen atoms in total. The van der Waals surface area contributed by atoms with E-state index in [0.29, 0.717) is 41.0 Å². The molecular weight excluding hydrogens is 377 g/mol. The number of carbonyl (C=O) groups excluding carboxylic acids is 1. The number of aromatic nitrogens is 2. The molecular formula is C21H26FN3O4. The molecule has 0 spiro atoms. The van der Waals surface area contributed by atoms with Crippen molar-refractivity contribution in [2.45, 2.75) is 59.6 Å². The number of halogens is 1. The van der Waals surface area contributed by atoms with Gasteiger partial charge in [0.2, 0.25) is 0 Å². The lowest BCUT2D eigenvalue weighted by Gasteiger charge is -2.34. The minimum absolute atomic E-state index is 0.0221. The van der Waals surface area contributed by atoms with Crippen LogP contribution in [0.2, 0.25) is 0 Å². The second kappa shape index (κ2) is 7.17. The molecule has 0 saturated carbocycles. The molecule has 2 heterocycles. The van der Waals surface area contributed by atoms with E-state index >= 15 is 0 Å². The Bertz CT molecular complexity index is 968. The van der Waals surface area contributed by atoms with E-state index < -0.39 is 23.7 Å². The van der Waals surface area contributed by atoms with Gasteiger partial charge >= 0.3 is 12.1 Å². The second-order valence-electron chi connectivity index (χ2n) is 8.42. The summed E-state index contributed by atoms with van der Waals surface area (Å²) in [5, 5.41) is 14.4. The summed E-state index contributed by atoms with van der Waals surface area (Å²) >= 11 is 0. The average molecular weight is 403 g/mol. The molecule has 29 heavy (non-hydrogen) atoms. The van der Waals surface area contributed by atoms with Crippen molar-refractivity contribution in [3.05, 3.63) is 46.0 Å². The van der Waals surface area contributed by atoms with Gasteiger partial charge in [-0.1, -0.05) is 0 Å². The molecule has 1 atom stereocenters. The number of fused-ring (bicyclic) bond motifs is 1. The number of carbonyl (C=O) groups is 2. The van der Waals surface area contributed by atoms with Crippen LogP contribution >= 0.6 is 0 Å². The zero-order valence-electron chi connectivity index (χ0n) is 17.5. The van der Waals surface area contributed by atoms with Crippen molar-refractivity contribution in [1.29, 1.82) is 0 Å². The lowest BCUT2D eigenvalue weighted by molar-refractivity contribution is 0.0156. The lowest BCUT2D eigenvalue weighted by Crippen LogP contribution is -2.42. The number of hydrogen-bond acceptors (Lipinski definition) is 4. The minimum Gasteiger partial charge on any atom is -0.476 e. The molecule has 3 rings (SSSR count). The van der Waals surface area contributed by atoms with Crippen LogP contribution in [0.15, 0.2) is 12.1 Å². The van der Waals surface area contributed by atoms with E-state index in [1.54, 1.807) is 53.7 Å². The summed E-state index contributed by atoms with van der Waals surface area (Å²) < 4.78 is 20.9. The van der Waals surface area contributed by atoms with Crippen molar-refractivity contribution < 1.29 is 23.8 Å². The van der Waals surface area contributed by atoms with Crippen molar-refractivity contribution in [1.82, 2.24) is 14.7 Å². The molecule has 2 aromatic rings. The largest absolute Gasteiger partial charge is 0.476 e. The molecule has 0 bridgehead atoms. The van der Waals surface area contributed by atoms with Crippen molar-refractivity contribution in [2.24, 2.45) is 0 Å². The molecule has 1 aromatic heterocycles. The molecule has 1 N–H and O–H groups in total. The predicted octanol–water partition coefficient (Wildman–Crippen LogP) is 4.18. The summed E-state index contributed by atoms with van der Waals surface area (Å²) in [5.41, 5.74) is 1.72. The molecule has 0 saturated heterocycles. The summed E-state index contributed by atoms with van der Waals surface area (Å²) in [5.74, 6) is -1.48. The Hall–Kier alpha value is -2.90. The van der Waals surface area contributed by atoms with E-state index in [4.69, 9.17) is 4.74 Å². The minimum atomic E-state index is -1.16.